The molecule has 0 aliphatic heterocycles. The third kappa shape index (κ3) is 2.53. The molecule has 5 aromatic rings. The van der Waals surface area contributed by atoms with Gasteiger partial charge >= 0.3 is 0 Å². The maximum atomic E-state index is 12.6. The quantitative estimate of drug-likeness (QED) is 0.420. The standard InChI is InChI=1S/C21H14ClN3O2S/c1-11-3-2-4-14-18(11)25-9-16(26)17(19(25)24-20(14)27)21-23-15(10-28-21)12-5-7-13(22)8-6-12/h2-10,26H,1H3,(H,24,27). The maximum Gasteiger partial charge on any atom is 0.258 e. The Kier molecular flexibility index (Phi) is 3.79. The molecule has 5 rings (SSSR count). The van der Waals surface area contributed by atoms with Crippen molar-refractivity contribution in [1.29, 1.82) is 0 Å². The Morgan fingerprint density at radius 1 is 1.18 bits per heavy atom. The number of halogens is 1. The number of hydrogen-bond donors (Lipinski definition) is 2. The highest BCUT2D eigenvalue weighted by atomic mass is 35.5. The van der Waals surface area contributed by atoms with Gasteiger partial charge in [-0.2, -0.15) is 0 Å². The van der Waals surface area contributed by atoms with Gasteiger partial charge in [0.25, 0.3) is 5.56 Å². The highest BCUT2D eigenvalue weighted by molar-refractivity contribution is 7.13. The molecule has 138 valence electrons. The van der Waals surface area contributed by atoms with Gasteiger partial charge in [-0.3, -0.25) is 9.20 Å². The molecule has 3 heterocycles. The average molecular weight is 408 g/mol. The van der Waals surface area contributed by atoms with E-state index < -0.39 is 0 Å². The summed E-state index contributed by atoms with van der Waals surface area (Å²) in [4.78, 5) is 20.2. The summed E-state index contributed by atoms with van der Waals surface area (Å²) in [7, 11) is 0. The van der Waals surface area contributed by atoms with Crippen molar-refractivity contribution in [3.05, 3.63) is 75.0 Å². The van der Waals surface area contributed by atoms with Crippen LogP contribution in [0, 0.1) is 6.92 Å². The van der Waals surface area contributed by atoms with Crippen LogP contribution in [-0.4, -0.2) is 19.5 Å². The SMILES string of the molecule is Cc1cccc2c(=O)[nH]c3c(-c4nc(-c5ccc(Cl)cc5)cs4)c(O)cn3c12. The minimum absolute atomic E-state index is 0.0726. The lowest BCUT2D eigenvalue weighted by atomic mass is 10.1. The first-order chi connectivity index (χ1) is 13.5. The molecule has 2 aromatic carbocycles. The zero-order chi connectivity index (χ0) is 19.4. The number of para-hydroxylation sites is 1. The summed E-state index contributed by atoms with van der Waals surface area (Å²) in [6, 6.07) is 13.0. The van der Waals surface area contributed by atoms with E-state index in [1.165, 1.54) is 11.3 Å². The van der Waals surface area contributed by atoms with Crippen LogP contribution in [0.4, 0.5) is 0 Å². The second kappa shape index (κ2) is 6.22. The van der Waals surface area contributed by atoms with Crippen molar-refractivity contribution in [1.82, 2.24) is 14.4 Å². The van der Waals surface area contributed by atoms with E-state index in [9.17, 15) is 9.90 Å². The monoisotopic (exact) mass is 407 g/mol. The Morgan fingerprint density at radius 2 is 1.96 bits per heavy atom. The van der Waals surface area contributed by atoms with Crippen molar-refractivity contribution in [3.8, 4) is 27.6 Å². The number of thiazole rings is 1. The number of aromatic amines is 1. The Bertz CT molecular complexity index is 1410. The summed E-state index contributed by atoms with van der Waals surface area (Å²) >= 11 is 7.37. The lowest BCUT2D eigenvalue weighted by Gasteiger charge is -2.05. The molecule has 0 amide bonds. The van der Waals surface area contributed by atoms with Gasteiger partial charge in [0.2, 0.25) is 0 Å². The minimum Gasteiger partial charge on any atom is -0.506 e. The summed E-state index contributed by atoms with van der Waals surface area (Å²) < 4.78 is 1.82. The molecule has 2 N–H and O–H groups in total. The molecule has 0 unspecified atom stereocenters. The highest BCUT2D eigenvalue weighted by Gasteiger charge is 2.19. The molecule has 5 nitrogen and oxygen atoms in total. The van der Waals surface area contributed by atoms with Crippen LogP contribution in [0.5, 0.6) is 5.75 Å². The van der Waals surface area contributed by atoms with E-state index in [0.717, 1.165) is 22.3 Å². The fourth-order valence-electron chi connectivity index (χ4n) is 3.48. The van der Waals surface area contributed by atoms with E-state index in [2.05, 4.69) is 9.97 Å². The van der Waals surface area contributed by atoms with Gasteiger partial charge in [-0.1, -0.05) is 35.9 Å². The first-order valence-electron chi connectivity index (χ1n) is 8.60. The van der Waals surface area contributed by atoms with Crippen molar-refractivity contribution in [3.63, 3.8) is 0 Å². The number of fused-ring (bicyclic) bond motifs is 3. The van der Waals surface area contributed by atoms with Gasteiger partial charge in [0.15, 0.2) is 0 Å². The molecule has 0 aliphatic carbocycles. The van der Waals surface area contributed by atoms with Crippen molar-refractivity contribution in [2.75, 3.05) is 0 Å². The van der Waals surface area contributed by atoms with Gasteiger partial charge in [-0.15, -0.1) is 11.3 Å². The van der Waals surface area contributed by atoms with E-state index in [1.54, 1.807) is 12.3 Å². The summed E-state index contributed by atoms with van der Waals surface area (Å²) in [5.74, 6) is 0.0726. The van der Waals surface area contributed by atoms with Crippen LogP contribution in [0.2, 0.25) is 5.02 Å². The van der Waals surface area contributed by atoms with Crippen LogP contribution < -0.4 is 5.56 Å². The van der Waals surface area contributed by atoms with Gasteiger partial charge in [-0.05, 0) is 30.7 Å². The largest absolute Gasteiger partial charge is 0.506 e. The number of aryl methyl sites for hydroxylation is 1. The van der Waals surface area contributed by atoms with Crippen LogP contribution in [0.15, 0.2) is 58.8 Å². The number of nitrogens with one attached hydrogen (secondary N) is 1. The molecule has 0 saturated carbocycles. The van der Waals surface area contributed by atoms with E-state index in [0.29, 0.717) is 26.6 Å². The molecule has 0 atom stereocenters. The van der Waals surface area contributed by atoms with Crippen LogP contribution in [0.3, 0.4) is 0 Å². The second-order valence-electron chi connectivity index (χ2n) is 6.58. The lowest BCUT2D eigenvalue weighted by Crippen LogP contribution is -2.10. The third-order valence-corrected chi connectivity index (χ3v) is 5.91. The van der Waals surface area contributed by atoms with Gasteiger partial charge < -0.3 is 10.1 Å². The number of benzene rings is 2. The maximum absolute atomic E-state index is 12.6. The van der Waals surface area contributed by atoms with Gasteiger partial charge in [0.1, 0.15) is 16.4 Å². The third-order valence-electron chi connectivity index (χ3n) is 4.80. The molecule has 28 heavy (non-hydrogen) atoms. The number of aromatic nitrogens is 3. The molecule has 0 radical (unpaired) electrons. The van der Waals surface area contributed by atoms with E-state index in [4.69, 9.17) is 11.6 Å². The summed E-state index contributed by atoms with van der Waals surface area (Å²) in [6.45, 7) is 1.94. The first kappa shape index (κ1) is 17.0. The average Bonchev–Trinajstić information content (AvgIpc) is 3.27. The van der Waals surface area contributed by atoms with E-state index in [-0.39, 0.29) is 11.3 Å². The van der Waals surface area contributed by atoms with E-state index >= 15 is 0 Å². The van der Waals surface area contributed by atoms with Crippen LogP contribution in [0.1, 0.15) is 5.56 Å². The minimum atomic E-state index is -0.194. The van der Waals surface area contributed by atoms with Crippen molar-refractivity contribution in [2.24, 2.45) is 0 Å². The Balaban J connectivity index is 1.75. The van der Waals surface area contributed by atoms with E-state index in [1.807, 2.05) is 53.1 Å². The molecule has 0 fully saturated rings. The highest BCUT2D eigenvalue weighted by Crippen LogP contribution is 2.38. The zero-order valence-corrected chi connectivity index (χ0v) is 16.3. The predicted molar refractivity (Wildman–Crippen MR) is 113 cm³/mol. The van der Waals surface area contributed by atoms with Crippen molar-refractivity contribution in [2.45, 2.75) is 6.92 Å². The molecule has 0 aliphatic rings. The molecule has 3 aromatic heterocycles. The molecular weight excluding hydrogens is 394 g/mol. The molecular formula is C21H14ClN3O2S. The van der Waals surface area contributed by atoms with Gasteiger partial charge in [-0.25, -0.2) is 4.98 Å². The normalized spacial score (nSPS) is 11.5. The number of rotatable bonds is 2. The summed E-state index contributed by atoms with van der Waals surface area (Å²) in [5, 5.41) is 14.4. The fourth-order valence-corrected chi connectivity index (χ4v) is 4.49. The van der Waals surface area contributed by atoms with Crippen molar-refractivity contribution < 1.29 is 5.11 Å². The Hall–Kier alpha value is -3.09. The second-order valence-corrected chi connectivity index (χ2v) is 7.87. The van der Waals surface area contributed by atoms with Crippen LogP contribution >= 0.6 is 22.9 Å². The predicted octanol–water partition coefficient (Wildman–Crippen LogP) is 5.24. The molecule has 0 spiro atoms. The van der Waals surface area contributed by atoms with Crippen molar-refractivity contribution >= 4 is 39.5 Å². The Morgan fingerprint density at radius 3 is 2.75 bits per heavy atom. The zero-order valence-electron chi connectivity index (χ0n) is 14.7. The lowest BCUT2D eigenvalue weighted by molar-refractivity contribution is 0.477. The van der Waals surface area contributed by atoms with Gasteiger partial charge in [0, 0.05) is 16.0 Å². The fraction of sp³-hybridized carbons (Fsp3) is 0.0476. The van der Waals surface area contributed by atoms with Gasteiger partial charge in [0.05, 0.1) is 28.4 Å². The molecule has 0 saturated heterocycles. The first-order valence-corrected chi connectivity index (χ1v) is 9.86. The number of H-pyrrole nitrogens is 1. The number of hydrogen-bond acceptors (Lipinski definition) is 4. The molecule has 7 heteroatoms. The summed E-state index contributed by atoms with van der Waals surface area (Å²) in [5.41, 5.74) is 4.31. The smallest absolute Gasteiger partial charge is 0.258 e. The number of nitrogens with zero attached hydrogens (tertiary/aromatic N) is 2. The van der Waals surface area contributed by atoms with Crippen LogP contribution in [0.25, 0.3) is 38.4 Å². The van der Waals surface area contributed by atoms with Crippen LogP contribution in [-0.2, 0) is 0 Å². The number of aromatic hydroxyl groups is 1. The Labute approximate surface area is 168 Å². The summed E-state index contributed by atoms with van der Waals surface area (Å²) in [6.07, 6.45) is 1.62. The molecule has 0 bridgehead atoms. The topological polar surface area (TPSA) is 70.4 Å².